The second kappa shape index (κ2) is 4.93. The molecule has 104 valence electrons. The minimum atomic E-state index is -0.210. The Kier molecular flexibility index (Phi) is 3.38. The normalized spacial score (nSPS) is 15.6. The van der Waals surface area contributed by atoms with Crippen LogP contribution in [-0.2, 0) is 6.42 Å². The molecule has 1 aliphatic rings. The molecule has 0 amide bonds. The van der Waals surface area contributed by atoms with Gasteiger partial charge in [0.2, 0.25) is 5.88 Å². The third-order valence-corrected chi connectivity index (χ3v) is 3.74. The lowest BCUT2D eigenvalue weighted by Gasteiger charge is -2.18. The summed E-state index contributed by atoms with van der Waals surface area (Å²) in [5, 5.41) is 0.453. The molecule has 1 aromatic carbocycles. The van der Waals surface area contributed by atoms with Gasteiger partial charge in [0, 0.05) is 22.7 Å². The van der Waals surface area contributed by atoms with Gasteiger partial charge in [0.15, 0.2) is 11.5 Å². The van der Waals surface area contributed by atoms with E-state index in [2.05, 4.69) is 34.8 Å². The van der Waals surface area contributed by atoms with Crippen LogP contribution in [0.25, 0.3) is 0 Å². The molecule has 3 rings (SSSR count). The first-order valence-electron chi connectivity index (χ1n) is 6.24. The molecule has 3 nitrogen and oxygen atoms in total. The van der Waals surface area contributed by atoms with Crippen LogP contribution in [0, 0.1) is 0 Å². The smallest absolute Gasteiger partial charge is 0.238 e. The molecule has 1 aromatic heterocycles. The van der Waals surface area contributed by atoms with Gasteiger partial charge in [0.05, 0.1) is 0 Å². The Labute approximate surface area is 131 Å². The van der Waals surface area contributed by atoms with Crippen molar-refractivity contribution in [2.45, 2.75) is 25.9 Å². The van der Waals surface area contributed by atoms with Crippen molar-refractivity contribution in [2.75, 3.05) is 0 Å². The number of ether oxygens (including phenoxy) is 2. The van der Waals surface area contributed by atoms with E-state index in [9.17, 15) is 0 Å². The van der Waals surface area contributed by atoms with Gasteiger partial charge in [-0.15, -0.1) is 0 Å². The van der Waals surface area contributed by atoms with Crippen LogP contribution in [0.15, 0.2) is 34.9 Å². The van der Waals surface area contributed by atoms with E-state index in [1.165, 1.54) is 0 Å². The van der Waals surface area contributed by atoms with Gasteiger partial charge in [0.1, 0.15) is 10.6 Å². The third-order valence-electron chi connectivity index (χ3n) is 3.04. The van der Waals surface area contributed by atoms with Crippen molar-refractivity contribution in [3.8, 4) is 17.4 Å². The SMILES string of the molecule is CC1(C)Cc2cccc(Oc3ncc(Br)cc3Cl)c2O1. The maximum absolute atomic E-state index is 6.13. The molecule has 0 radical (unpaired) electrons. The van der Waals surface area contributed by atoms with Crippen molar-refractivity contribution in [1.82, 2.24) is 4.98 Å². The summed E-state index contributed by atoms with van der Waals surface area (Å²) in [6, 6.07) is 7.61. The molecule has 0 spiro atoms. The maximum atomic E-state index is 6.13. The molecular formula is C15H13BrClNO2. The molecule has 0 atom stereocenters. The third kappa shape index (κ3) is 2.63. The fourth-order valence-electron chi connectivity index (χ4n) is 2.25. The van der Waals surface area contributed by atoms with E-state index in [-0.39, 0.29) is 5.60 Å². The lowest BCUT2D eigenvalue weighted by Crippen LogP contribution is -2.24. The zero-order chi connectivity index (χ0) is 14.3. The number of halogens is 2. The van der Waals surface area contributed by atoms with Gasteiger partial charge in [-0.1, -0.05) is 23.7 Å². The summed E-state index contributed by atoms with van der Waals surface area (Å²) in [5.41, 5.74) is 0.930. The predicted molar refractivity (Wildman–Crippen MR) is 81.9 cm³/mol. The number of rotatable bonds is 2. The molecular weight excluding hydrogens is 342 g/mol. The number of nitrogens with zero attached hydrogens (tertiary/aromatic N) is 1. The quantitative estimate of drug-likeness (QED) is 0.760. The first-order valence-corrected chi connectivity index (χ1v) is 7.41. The number of pyridine rings is 1. The number of hydrogen-bond donors (Lipinski definition) is 0. The minimum Gasteiger partial charge on any atom is -0.483 e. The second-order valence-corrected chi connectivity index (χ2v) is 6.65. The highest BCUT2D eigenvalue weighted by molar-refractivity contribution is 9.10. The molecule has 20 heavy (non-hydrogen) atoms. The van der Waals surface area contributed by atoms with Gasteiger partial charge in [-0.2, -0.15) is 0 Å². The first-order chi connectivity index (χ1) is 9.44. The summed E-state index contributed by atoms with van der Waals surface area (Å²) in [4.78, 5) is 4.18. The van der Waals surface area contributed by atoms with Crippen LogP contribution in [0.3, 0.4) is 0 Å². The first kappa shape index (κ1) is 13.7. The Hall–Kier alpha value is -1.26. The predicted octanol–water partition coefficient (Wildman–Crippen LogP) is 5.00. The summed E-state index contributed by atoms with van der Waals surface area (Å²) >= 11 is 9.45. The summed E-state index contributed by atoms with van der Waals surface area (Å²) in [6.07, 6.45) is 2.51. The number of aromatic nitrogens is 1. The number of hydrogen-bond acceptors (Lipinski definition) is 3. The summed E-state index contributed by atoms with van der Waals surface area (Å²) in [7, 11) is 0. The van der Waals surface area contributed by atoms with E-state index in [4.69, 9.17) is 21.1 Å². The fraction of sp³-hybridized carbons (Fsp3) is 0.267. The van der Waals surface area contributed by atoms with Crippen molar-refractivity contribution in [3.63, 3.8) is 0 Å². The highest BCUT2D eigenvalue weighted by atomic mass is 79.9. The second-order valence-electron chi connectivity index (χ2n) is 5.33. The van der Waals surface area contributed by atoms with Crippen LogP contribution in [-0.4, -0.2) is 10.6 Å². The zero-order valence-corrected chi connectivity index (χ0v) is 13.5. The Balaban J connectivity index is 1.95. The van der Waals surface area contributed by atoms with Gasteiger partial charge in [0.25, 0.3) is 0 Å². The molecule has 2 heterocycles. The Morgan fingerprint density at radius 3 is 2.95 bits per heavy atom. The standard InChI is InChI=1S/C15H13BrClNO2/c1-15(2)7-9-4-3-5-12(13(9)20-15)19-14-11(17)6-10(16)8-18-14/h3-6,8H,7H2,1-2H3. The highest BCUT2D eigenvalue weighted by Crippen LogP contribution is 2.43. The lowest BCUT2D eigenvalue weighted by molar-refractivity contribution is 0.135. The van der Waals surface area contributed by atoms with Crippen molar-refractivity contribution >= 4 is 27.5 Å². The van der Waals surface area contributed by atoms with Crippen molar-refractivity contribution < 1.29 is 9.47 Å². The van der Waals surface area contributed by atoms with E-state index in [1.807, 2.05) is 18.2 Å². The Morgan fingerprint density at radius 1 is 1.40 bits per heavy atom. The molecule has 0 N–H and O–H groups in total. The van der Waals surface area contributed by atoms with Crippen LogP contribution < -0.4 is 9.47 Å². The summed E-state index contributed by atoms with van der Waals surface area (Å²) in [6.45, 7) is 4.11. The van der Waals surface area contributed by atoms with Gasteiger partial charge in [-0.3, -0.25) is 0 Å². The molecule has 0 fully saturated rings. The van der Waals surface area contributed by atoms with E-state index in [0.717, 1.165) is 22.2 Å². The Morgan fingerprint density at radius 2 is 2.20 bits per heavy atom. The van der Waals surface area contributed by atoms with Crippen molar-refractivity contribution in [1.29, 1.82) is 0 Å². The Bertz CT molecular complexity index is 673. The zero-order valence-electron chi connectivity index (χ0n) is 11.1. The molecule has 0 saturated heterocycles. The average molecular weight is 355 g/mol. The summed E-state index contributed by atoms with van der Waals surface area (Å²) in [5.74, 6) is 1.79. The molecule has 5 heteroatoms. The number of fused-ring (bicyclic) bond motifs is 1. The van der Waals surface area contributed by atoms with E-state index >= 15 is 0 Å². The molecule has 0 unspecified atom stereocenters. The van der Waals surface area contributed by atoms with Gasteiger partial charge >= 0.3 is 0 Å². The number of benzene rings is 1. The van der Waals surface area contributed by atoms with E-state index in [1.54, 1.807) is 12.3 Å². The average Bonchev–Trinajstić information content (AvgIpc) is 2.67. The van der Waals surface area contributed by atoms with Crippen LogP contribution in [0.4, 0.5) is 0 Å². The number of para-hydroxylation sites is 1. The van der Waals surface area contributed by atoms with Crippen LogP contribution in [0.5, 0.6) is 17.4 Å². The van der Waals surface area contributed by atoms with E-state index in [0.29, 0.717) is 16.7 Å². The van der Waals surface area contributed by atoms with Crippen molar-refractivity contribution in [3.05, 3.63) is 45.5 Å². The van der Waals surface area contributed by atoms with Crippen LogP contribution >= 0.6 is 27.5 Å². The molecule has 0 bridgehead atoms. The molecule has 2 aromatic rings. The molecule has 0 aliphatic carbocycles. The van der Waals surface area contributed by atoms with Gasteiger partial charge in [-0.25, -0.2) is 4.98 Å². The maximum Gasteiger partial charge on any atom is 0.238 e. The van der Waals surface area contributed by atoms with Gasteiger partial charge < -0.3 is 9.47 Å². The monoisotopic (exact) mass is 353 g/mol. The topological polar surface area (TPSA) is 31.4 Å². The highest BCUT2D eigenvalue weighted by Gasteiger charge is 2.32. The van der Waals surface area contributed by atoms with Crippen LogP contribution in [0.1, 0.15) is 19.4 Å². The fourth-order valence-corrected chi connectivity index (χ4v) is 2.92. The van der Waals surface area contributed by atoms with Crippen molar-refractivity contribution in [2.24, 2.45) is 0 Å². The summed E-state index contributed by atoms with van der Waals surface area (Å²) < 4.78 is 12.6. The lowest BCUT2D eigenvalue weighted by atomic mass is 10.0. The van der Waals surface area contributed by atoms with Gasteiger partial charge in [-0.05, 0) is 41.9 Å². The molecule has 0 saturated carbocycles. The largest absolute Gasteiger partial charge is 0.483 e. The van der Waals surface area contributed by atoms with E-state index < -0.39 is 0 Å². The minimum absolute atomic E-state index is 0.210. The molecule has 1 aliphatic heterocycles. The van der Waals surface area contributed by atoms with Crippen LogP contribution in [0.2, 0.25) is 5.02 Å².